The van der Waals surface area contributed by atoms with Gasteiger partial charge in [0.05, 0.1) is 13.2 Å². The van der Waals surface area contributed by atoms with Gasteiger partial charge in [-0.3, -0.25) is 4.79 Å². The maximum absolute atomic E-state index is 13.4. The molecule has 0 aliphatic carbocycles. The zero-order chi connectivity index (χ0) is 25.9. The molecule has 2 aliphatic heterocycles. The molecule has 0 saturated carbocycles. The van der Waals surface area contributed by atoms with Crippen molar-refractivity contribution in [1.82, 2.24) is 15.0 Å². The van der Waals surface area contributed by atoms with E-state index >= 15 is 0 Å². The molecular formula is C26H37F2N5O3. The van der Waals surface area contributed by atoms with Gasteiger partial charge in [-0.25, -0.2) is 8.78 Å². The molecule has 1 aromatic carbocycles. The van der Waals surface area contributed by atoms with E-state index in [9.17, 15) is 13.6 Å². The monoisotopic (exact) mass is 505 g/mol. The zero-order valence-corrected chi connectivity index (χ0v) is 21.3. The van der Waals surface area contributed by atoms with Crippen molar-refractivity contribution in [3.63, 3.8) is 0 Å². The number of halogens is 2. The van der Waals surface area contributed by atoms with E-state index in [0.29, 0.717) is 35.8 Å². The Morgan fingerprint density at radius 1 is 1.19 bits per heavy atom. The van der Waals surface area contributed by atoms with Crippen molar-refractivity contribution in [2.45, 2.75) is 64.3 Å². The van der Waals surface area contributed by atoms with Gasteiger partial charge in [-0.2, -0.15) is 4.98 Å². The average Bonchev–Trinajstić information content (AvgIpc) is 3.50. The van der Waals surface area contributed by atoms with Gasteiger partial charge in [0, 0.05) is 32.0 Å². The molecule has 0 radical (unpaired) electrons. The van der Waals surface area contributed by atoms with Gasteiger partial charge in [0.25, 0.3) is 5.92 Å². The fourth-order valence-electron chi connectivity index (χ4n) is 4.88. The van der Waals surface area contributed by atoms with Crippen LogP contribution in [-0.2, 0) is 4.79 Å². The van der Waals surface area contributed by atoms with E-state index in [4.69, 9.17) is 15.0 Å². The molecule has 2 saturated heterocycles. The molecule has 2 fully saturated rings. The van der Waals surface area contributed by atoms with Crippen molar-refractivity contribution in [2.75, 3.05) is 37.7 Å². The van der Waals surface area contributed by atoms with Gasteiger partial charge < -0.3 is 24.8 Å². The van der Waals surface area contributed by atoms with E-state index in [-0.39, 0.29) is 18.9 Å². The summed E-state index contributed by atoms with van der Waals surface area (Å²) in [6.45, 7) is 8.25. The molecule has 36 heavy (non-hydrogen) atoms. The minimum Gasteiger partial charge on any atom is -0.494 e. The van der Waals surface area contributed by atoms with E-state index in [1.165, 1.54) is 0 Å². The van der Waals surface area contributed by atoms with E-state index in [2.05, 4.69) is 35.8 Å². The Balaban J connectivity index is 1.18. The number of amides is 1. The molecule has 10 heteroatoms. The molecule has 4 rings (SSSR count). The number of rotatable bonds is 9. The predicted molar refractivity (Wildman–Crippen MR) is 132 cm³/mol. The first kappa shape index (κ1) is 26.3. The molecule has 2 aromatic rings. The van der Waals surface area contributed by atoms with Gasteiger partial charge in [0.1, 0.15) is 11.8 Å². The van der Waals surface area contributed by atoms with Crippen molar-refractivity contribution in [3.05, 3.63) is 35.7 Å². The number of hydrogen-bond donors (Lipinski definition) is 1. The number of carbonyl (C=O) groups is 1. The lowest BCUT2D eigenvalue weighted by Crippen LogP contribution is -2.38. The highest BCUT2D eigenvalue weighted by molar-refractivity contribution is 5.83. The normalized spacial score (nSPS) is 20.1. The molecule has 2 N–H and O–H groups in total. The molecular weight excluding hydrogens is 468 g/mol. The molecule has 0 spiro atoms. The first-order valence-electron chi connectivity index (χ1n) is 12.9. The third kappa shape index (κ3) is 6.32. The standard InChI is InChI=1S/C26H37F2N5O3/c1-17(2)23-30-25(36-31-23)32-12-8-19(9-13-32)18(3)10-15-35-21-6-4-20(5-7-21)22(29)24(34)33-14-11-26(27,28)16-33/h4-7,17-19,22H,8-16,29H2,1-3H3/t18-,22+/m1/s1. The number of aromatic nitrogens is 2. The summed E-state index contributed by atoms with van der Waals surface area (Å²) in [5.41, 5.74) is 6.63. The average molecular weight is 506 g/mol. The maximum Gasteiger partial charge on any atom is 0.324 e. The third-order valence-corrected chi connectivity index (χ3v) is 7.39. The van der Waals surface area contributed by atoms with E-state index in [0.717, 1.165) is 43.1 Å². The highest BCUT2D eigenvalue weighted by Crippen LogP contribution is 2.31. The van der Waals surface area contributed by atoms with Crippen LogP contribution >= 0.6 is 0 Å². The molecule has 3 heterocycles. The lowest BCUT2D eigenvalue weighted by molar-refractivity contribution is -0.133. The summed E-state index contributed by atoms with van der Waals surface area (Å²) in [5.74, 6) is -0.471. The Morgan fingerprint density at radius 2 is 1.89 bits per heavy atom. The molecule has 2 atom stereocenters. The number of nitrogens with two attached hydrogens (primary N) is 1. The van der Waals surface area contributed by atoms with Crippen molar-refractivity contribution >= 4 is 11.9 Å². The molecule has 198 valence electrons. The quantitative estimate of drug-likeness (QED) is 0.540. The SMILES string of the molecule is CC(C)c1noc(N2CCC([C@H](C)CCOc3ccc([C@H](N)C(=O)N4CCC(F)(F)C4)cc3)CC2)n1. The van der Waals surface area contributed by atoms with Crippen LogP contribution in [0.3, 0.4) is 0 Å². The van der Waals surface area contributed by atoms with Crippen LogP contribution in [0.15, 0.2) is 28.8 Å². The van der Waals surface area contributed by atoms with Crippen molar-refractivity contribution in [1.29, 1.82) is 0 Å². The van der Waals surface area contributed by atoms with Gasteiger partial charge in [-0.05, 0) is 48.8 Å². The topological polar surface area (TPSA) is 97.7 Å². The second-order valence-corrected chi connectivity index (χ2v) is 10.4. The number of carbonyl (C=O) groups excluding carboxylic acids is 1. The molecule has 8 nitrogen and oxygen atoms in total. The summed E-state index contributed by atoms with van der Waals surface area (Å²) in [6, 6.07) is 6.68. The summed E-state index contributed by atoms with van der Waals surface area (Å²) in [6.07, 6.45) is 2.77. The van der Waals surface area contributed by atoms with Gasteiger partial charge in [-0.1, -0.05) is 38.1 Å². The summed E-state index contributed by atoms with van der Waals surface area (Å²) in [7, 11) is 0. The van der Waals surface area contributed by atoms with Gasteiger partial charge in [0.2, 0.25) is 5.91 Å². The summed E-state index contributed by atoms with van der Waals surface area (Å²) >= 11 is 0. The van der Waals surface area contributed by atoms with Crippen LogP contribution in [0.1, 0.15) is 69.8 Å². The molecule has 0 unspecified atom stereocenters. The van der Waals surface area contributed by atoms with E-state index in [1.54, 1.807) is 24.3 Å². The van der Waals surface area contributed by atoms with Crippen LogP contribution in [0.25, 0.3) is 0 Å². The van der Waals surface area contributed by atoms with Crippen molar-refractivity contribution < 1.29 is 22.8 Å². The highest BCUT2D eigenvalue weighted by Gasteiger charge is 2.41. The number of piperidine rings is 1. The molecule has 2 aliphatic rings. The maximum atomic E-state index is 13.4. The summed E-state index contributed by atoms with van der Waals surface area (Å²) in [4.78, 5) is 20.3. The van der Waals surface area contributed by atoms with Crippen molar-refractivity contribution in [2.24, 2.45) is 17.6 Å². The minimum atomic E-state index is -2.83. The number of ether oxygens (including phenoxy) is 1. The first-order valence-corrected chi connectivity index (χ1v) is 12.9. The predicted octanol–water partition coefficient (Wildman–Crippen LogP) is 4.38. The van der Waals surface area contributed by atoms with Gasteiger partial charge in [0.15, 0.2) is 5.82 Å². The largest absolute Gasteiger partial charge is 0.494 e. The number of likely N-dealkylation sites (tertiary alicyclic amines) is 1. The van der Waals surface area contributed by atoms with Crippen LogP contribution < -0.4 is 15.4 Å². The smallest absolute Gasteiger partial charge is 0.324 e. The zero-order valence-electron chi connectivity index (χ0n) is 21.3. The van der Waals surface area contributed by atoms with E-state index < -0.39 is 24.4 Å². The molecule has 1 amide bonds. The fraction of sp³-hybridized carbons (Fsp3) is 0.654. The number of anilines is 1. The Kier molecular flexibility index (Phi) is 8.12. The van der Waals surface area contributed by atoms with Crippen LogP contribution in [0.5, 0.6) is 5.75 Å². The second kappa shape index (κ2) is 11.1. The molecule has 0 bridgehead atoms. The highest BCUT2D eigenvalue weighted by atomic mass is 19.3. The molecule has 1 aromatic heterocycles. The second-order valence-electron chi connectivity index (χ2n) is 10.4. The number of hydrogen-bond acceptors (Lipinski definition) is 7. The number of nitrogens with zero attached hydrogens (tertiary/aromatic N) is 4. The van der Waals surface area contributed by atoms with Crippen LogP contribution in [0.2, 0.25) is 0 Å². The lowest BCUT2D eigenvalue weighted by atomic mass is 9.84. The Labute approximate surface area is 211 Å². The fourth-order valence-corrected chi connectivity index (χ4v) is 4.88. The summed E-state index contributed by atoms with van der Waals surface area (Å²) in [5, 5.41) is 4.06. The summed E-state index contributed by atoms with van der Waals surface area (Å²) < 4.78 is 38.2. The Bertz CT molecular complexity index is 1010. The number of benzene rings is 1. The van der Waals surface area contributed by atoms with Crippen LogP contribution in [0.4, 0.5) is 14.8 Å². The minimum absolute atomic E-state index is 0.0357. The van der Waals surface area contributed by atoms with E-state index in [1.807, 2.05) is 0 Å². The number of alkyl halides is 2. The van der Waals surface area contributed by atoms with Crippen LogP contribution in [0, 0.1) is 11.8 Å². The third-order valence-electron chi connectivity index (χ3n) is 7.39. The van der Waals surface area contributed by atoms with Gasteiger partial charge >= 0.3 is 6.01 Å². The van der Waals surface area contributed by atoms with Crippen LogP contribution in [-0.4, -0.2) is 59.7 Å². The Hall–Kier alpha value is -2.75. The van der Waals surface area contributed by atoms with Crippen molar-refractivity contribution in [3.8, 4) is 5.75 Å². The van der Waals surface area contributed by atoms with Gasteiger partial charge in [-0.15, -0.1) is 0 Å². The first-order chi connectivity index (χ1) is 17.1. The Morgan fingerprint density at radius 3 is 2.47 bits per heavy atom. The lowest BCUT2D eigenvalue weighted by Gasteiger charge is -2.33.